The first-order chi connectivity index (χ1) is 13.6. The standard InChI is InChI=1S/C20H25ClFN3O4/c1-20(2,3)29-19(28)24-17-11-25(12-26)9-8-16(17)23-18(27)15(22)10-13-4-6-14(21)7-5-13/h4-7,10,12,16-17H,8-9,11H2,1-3H3,(H,23,27)(H,24,28)/t16-,17+/m0/s1. The van der Waals surface area contributed by atoms with E-state index in [0.717, 1.165) is 6.08 Å². The molecule has 0 saturated carbocycles. The summed E-state index contributed by atoms with van der Waals surface area (Å²) in [6, 6.07) is 5.19. The first-order valence-corrected chi connectivity index (χ1v) is 9.57. The van der Waals surface area contributed by atoms with E-state index in [2.05, 4.69) is 10.6 Å². The topological polar surface area (TPSA) is 87.7 Å². The average molecular weight is 426 g/mol. The lowest BCUT2D eigenvalue weighted by Crippen LogP contribution is -2.60. The van der Waals surface area contributed by atoms with Crippen LogP contribution in [0, 0.1) is 0 Å². The third-order valence-corrected chi connectivity index (χ3v) is 4.44. The molecule has 0 unspecified atom stereocenters. The van der Waals surface area contributed by atoms with Gasteiger partial charge in [-0.15, -0.1) is 0 Å². The fourth-order valence-electron chi connectivity index (χ4n) is 2.86. The van der Waals surface area contributed by atoms with Crippen LogP contribution < -0.4 is 10.6 Å². The van der Waals surface area contributed by atoms with Crippen LogP contribution in [-0.4, -0.2) is 54.1 Å². The molecule has 2 rings (SSSR count). The predicted molar refractivity (Wildman–Crippen MR) is 108 cm³/mol. The normalized spacial score (nSPS) is 20.0. The van der Waals surface area contributed by atoms with Crippen LogP contribution in [0.3, 0.4) is 0 Å². The second-order valence-electron chi connectivity index (χ2n) is 7.77. The molecule has 0 spiro atoms. The number of rotatable bonds is 5. The quantitative estimate of drug-likeness (QED) is 0.561. The monoisotopic (exact) mass is 425 g/mol. The number of halogens is 2. The van der Waals surface area contributed by atoms with Crippen molar-refractivity contribution in [3.05, 3.63) is 40.7 Å². The van der Waals surface area contributed by atoms with Gasteiger partial charge < -0.3 is 20.3 Å². The minimum Gasteiger partial charge on any atom is -0.444 e. The summed E-state index contributed by atoms with van der Waals surface area (Å²) < 4.78 is 19.6. The Morgan fingerprint density at radius 3 is 2.45 bits per heavy atom. The smallest absolute Gasteiger partial charge is 0.408 e. The SMILES string of the molecule is CC(C)(C)OC(=O)N[C@@H]1CN(C=O)CC[C@@H]1NC(=O)C(F)=Cc1ccc(Cl)cc1. The second-order valence-corrected chi connectivity index (χ2v) is 8.20. The van der Waals surface area contributed by atoms with Crippen LogP contribution in [0.4, 0.5) is 9.18 Å². The highest BCUT2D eigenvalue weighted by molar-refractivity contribution is 6.30. The Labute approximate surface area is 174 Å². The summed E-state index contributed by atoms with van der Waals surface area (Å²) in [6.07, 6.45) is 1.46. The van der Waals surface area contributed by atoms with Gasteiger partial charge in [0.1, 0.15) is 5.60 Å². The van der Waals surface area contributed by atoms with Gasteiger partial charge in [0.25, 0.3) is 5.91 Å². The molecular formula is C20H25ClFN3O4. The summed E-state index contributed by atoms with van der Waals surface area (Å²) in [5.74, 6) is -1.87. The lowest BCUT2D eigenvalue weighted by atomic mass is 9.99. The zero-order valence-corrected chi connectivity index (χ0v) is 17.3. The lowest BCUT2D eigenvalue weighted by molar-refractivity contribution is -0.121. The number of amides is 3. The number of piperidine rings is 1. The lowest BCUT2D eigenvalue weighted by Gasteiger charge is -2.37. The molecule has 1 aromatic carbocycles. The minimum atomic E-state index is -0.971. The first-order valence-electron chi connectivity index (χ1n) is 9.20. The van der Waals surface area contributed by atoms with Crippen molar-refractivity contribution in [3.8, 4) is 0 Å². The summed E-state index contributed by atoms with van der Waals surface area (Å²) in [5.41, 5.74) is -0.212. The number of nitrogens with one attached hydrogen (secondary N) is 2. The molecule has 1 aromatic rings. The van der Waals surface area contributed by atoms with E-state index in [1.165, 1.54) is 4.90 Å². The van der Waals surface area contributed by atoms with Gasteiger partial charge in [-0.05, 0) is 51.0 Å². The molecule has 0 radical (unpaired) electrons. The molecule has 0 aromatic heterocycles. The number of carbonyl (C=O) groups is 3. The summed E-state index contributed by atoms with van der Waals surface area (Å²) in [5, 5.41) is 5.75. The van der Waals surface area contributed by atoms with E-state index in [1.54, 1.807) is 45.0 Å². The fourth-order valence-corrected chi connectivity index (χ4v) is 2.99. The summed E-state index contributed by atoms with van der Waals surface area (Å²) in [6.45, 7) is 5.73. The van der Waals surface area contributed by atoms with Crippen LogP contribution in [-0.2, 0) is 14.3 Å². The second kappa shape index (κ2) is 9.73. The average Bonchev–Trinajstić information content (AvgIpc) is 2.63. The van der Waals surface area contributed by atoms with Gasteiger partial charge in [0, 0.05) is 18.1 Å². The molecule has 2 N–H and O–H groups in total. The highest BCUT2D eigenvalue weighted by Gasteiger charge is 2.33. The molecule has 2 atom stereocenters. The van der Waals surface area contributed by atoms with E-state index >= 15 is 0 Å². The van der Waals surface area contributed by atoms with E-state index in [-0.39, 0.29) is 6.54 Å². The summed E-state index contributed by atoms with van der Waals surface area (Å²) in [4.78, 5) is 37.0. The van der Waals surface area contributed by atoms with Crippen molar-refractivity contribution in [3.63, 3.8) is 0 Å². The van der Waals surface area contributed by atoms with Gasteiger partial charge in [-0.3, -0.25) is 9.59 Å². The third-order valence-electron chi connectivity index (χ3n) is 4.19. The Morgan fingerprint density at radius 1 is 1.21 bits per heavy atom. The van der Waals surface area contributed by atoms with E-state index in [9.17, 15) is 18.8 Å². The maximum Gasteiger partial charge on any atom is 0.408 e. The molecule has 29 heavy (non-hydrogen) atoms. The van der Waals surface area contributed by atoms with Crippen LogP contribution in [0.15, 0.2) is 30.1 Å². The van der Waals surface area contributed by atoms with E-state index in [0.29, 0.717) is 30.0 Å². The molecule has 1 heterocycles. The van der Waals surface area contributed by atoms with Gasteiger partial charge in [0.05, 0.1) is 12.1 Å². The molecule has 1 aliphatic rings. The van der Waals surface area contributed by atoms with Gasteiger partial charge in [0.2, 0.25) is 6.41 Å². The van der Waals surface area contributed by atoms with Gasteiger partial charge in [-0.25, -0.2) is 9.18 Å². The first kappa shape index (κ1) is 22.7. The molecule has 1 aliphatic heterocycles. The van der Waals surface area contributed by atoms with E-state index in [4.69, 9.17) is 16.3 Å². The predicted octanol–water partition coefficient (Wildman–Crippen LogP) is 2.89. The number of nitrogens with zero attached hydrogens (tertiary/aromatic N) is 1. The molecule has 9 heteroatoms. The van der Waals surface area contributed by atoms with Gasteiger partial charge >= 0.3 is 6.09 Å². The number of hydrogen-bond donors (Lipinski definition) is 2. The number of carbonyl (C=O) groups excluding carboxylic acids is 3. The molecule has 0 bridgehead atoms. The molecular weight excluding hydrogens is 401 g/mol. The number of ether oxygens (including phenoxy) is 1. The van der Waals surface area contributed by atoms with Crippen molar-refractivity contribution < 1.29 is 23.5 Å². The van der Waals surface area contributed by atoms with Crippen molar-refractivity contribution in [2.24, 2.45) is 0 Å². The van der Waals surface area contributed by atoms with Crippen LogP contribution in [0.5, 0.6) is 0 Å². The van der Waals surface area contributed by atoms with Crippen LogP contribution in [0.25, 0.3) is 6.08 Å². The Bertz CT molecular complexity index is 777. The Kier molecular flexibility index (Phi) is 7.61. The largest absolute Gasteiger partial charge is 0.444 e. The van der Waals surface area contributed by atoms with E-state index < -0.39 is 35.5 Å². The van der Waals surface area contributed by atoms with Crippen molar-refractivity contribution >= 4 is 36.1 Å². The molecule has 0 aliphatic carbocycles. The molecule has 158 valence electrons. The maximum atomic E-state index is 14.3. The summed E-state index contributed by atoms with van der Waals surface area (Å²) in [7, 11) is 0. The van der Waals surface area contributed by atoms with Crippen LogP contribution in [0.1, 0.15) is 32.8 Å². The van der Waals surface area contributed by atoms with Crippen molar-refractivity contribution in [2.45, 2.75) is 44.9 Å². The zero-order valence-electron chi connectivity index (χ0n) is 16.6. The third kappa shape index (κ3) is 7.38. The molecule has 7 nitrogen and oxygen atoms in total. The fraction of sp³-hybridized carbons (Fsp3) is 0.450. The summed E-state index contributed by atoms with van der Waals surface area (Å²) >= 11 is 5.79. The minimum absolute atomic E-state index is 0.177. The van der Waals surface area contributed by atoms with Gasteiger partial charge in [-0.2, -0.15) is 0 Å². The Morgan fingerprint density at radius 2 is 1.86 bits per heavy atom. The van der Waals surface area contributed by atoms with Gasteiger partial charge in [0.15, 0.2) is 5.83 Å². The Balaban J connectivity index is 2.06. The van der Waals surface area contributed by atoms with E-state index in [1.807, 2.05) is 0 Å². The number of hydrogen-bond acceptors (Lipinski definition) is 4. The van der Waals surface area contributed by atoms with Crippen molar-refractivity contribution in [1.82, 2.24) is 15.5 Å². The maximum absolute atomic E-state index is 14.3. The zero-order chi connectivity index (χ0) is 21.6. The molecule has 3 amide bonds. The highest BCUT2D eigenvalue weighted by Crippen LogP contribution is 2.16. The van der Waals surface area contributed by atoms with Crippen LogP contribution in [0.2, 0.25) is 5.02 Å². The van der Waals surface area contributed by atoms with Crippen molar-refractivity contribution in [2.75, 3.05) is 13.1 Å². The highest BCUT2D eigenvalue weighted by atomic mass is 35.5. The number of alkyl carbamates (subject to hydrolysis) is 1. The molecule has 1 fully saturated rings. The van der Waals surface area contributed by atoms with Gasteiger partial charge in [-0.1, -0.05) is 23.7 Å². The number of likely N-dealkylation sites (tertiary alicyclic amines) is 1. The van der Waals surface area contributed by atoms with Crippen LogP contribution >= 0.6 is 11.6 Å². The number of benzene rings is 1. The molecule has 1 saturated heterocycles. The van der Waals surface area contributed by atoms with Crippen molar-refractivity contribution in [1.29, 1.82) is 0 Å². The Hall–Kier alpha value is -2.61.